The molecule has 27 heavy (non-hydrogen) atoms. The van der Waals surface area contributed by atoms with Gasteiger partial charge in [0.25, 0.3) is 0 Å². The van der Waals surface area contributed by atoms with E-state index in [0.29, 0.717) is 23.5 Å². The topological polar surface area (TPSA) is 45.2 Å². The molecule has 0 spiro atoms. The quantitative estimate of drug-likeness (QED) is 0.604. The highest BCUT2D eigenvalue weighted by Crippen LogP contribution is 2.32. The molecule has 1 aromatic carbocycles. The van der Waals surface area contributed by atoms with Crippen molar-refractivity contribution < 1.29 is 4.79 Å². The first-order chi connectivity index (χ1) is 13.0. The minimum Gasteiger partial charge on any atom is -0.381 e. The van der Waals surface area contributed by atoms with Crippen molar-refractivity contribution in [3.8, 4) is 0 Å². The van der Waals surface area contributed by atoms with E-state index in [9.17, 15) is 4.79 Å². The maximum atomic E-state index is 12.7. The number of pyridine rings is 1. The van der Waals surface area contributed by atoms with Crippen LogP contribution >= 0.6 is 0 Å². The molecule has 2 radical (unpaired) electrons. The van der Waals surface area contributed by atoms with Crippen LogP contribution in [0.25, 0.3) is 10.9 Å². The van der Waals surface area contributed by atoms with Gasteiger partial charge >= 0.3 is 0 Å². The lowest BCUT2D eigenvalue weighted by molar-refractivity contribution is 0.0982. The standard InChI is InChI=1S/C22H30BN3O/c1-4-5-21(27)19-13-24-20-11-8-16(23)12-18(20)22(19)25-17-9-6-15(7-10-17)14-26(2)3/h8,11-13,15,17H,4-7,9-10,14H2,1-3H3,(H,24,25). The van der Waals surface area contributed by atoms with E-state index < -0.39 is 0 Å². The van der Waals surface area contributed by atoms with Crippen LogP contribution in [0.3, 0.4) is 0 Å². The monoisotopic (exact) mass is 363 g/mol. The third-order valence-electron chi connectivity index (χ3n) is 5.49. The van der Waals surface area contributed by atoms with E-state index in [0.717, 1.165) is 48.3 Å². The summed E-state index contributed by atoms with van der Waals surface area (Å²) >= 11 is 0. The highest BCUT2D eigenvalue weighted by molar-refractivity contribution is 6.33. The summed E-state index contributed by atoms with van der Waals surface area (Å²) in [7, 11) is 10.3. The summed E-state index contributed by atoms with van der Waals surface area (Å²) in [6.07, 6.45) is 7.82. The lowest BCUT2D eigenvalue weighted by Crippen LogP contribution is -2.31. The highest BCUT2D eigenvalue weighted by Gasteiger charge is 2.24. The van der Waals surface area contributed by atoms with E-state index in [-0.39, 0.29) is 5.78 Å². The molecule has 1 fully saturated rings. The van der Waals surface area contributed by atoms with Crippen molar-refractivity contribution in [3.05, 3.63) is 30.0 Å². The Hall–Kier alpha value is -1.88. The van der Waals surface area contributed by atoms with Crippen molar-refractivity contribution in [3.63, 3.8) is 0 Å². The highest BCUT2D eigenvalue weighted by atomic mass is 16.1. The Kier molecular flexibility index (Phi) is 6.53. The molecular weight excluding hydrogens is 333 g/mol. The van der Waals surface area contributed by atoms with Gasteiger partial charge in [0, 0.05) is 30.6 Å². The number of fused-ring (bicyclic) bond motifs is 1. The van der Waals surface area contributed by atoms with Gasteiger partial charge in [0.05, 0.1) is 16.8 Å². The van der Waals surface area contributed by atoms with Crippen molar-refractivity contribution in [2.24, 2.45) is 5.92 Å². The van der Waals surface area contributed by atoms with Gasteiger partial charge in [0.2, 0.25) is 0 Å². The molecule has 4 nitrogen and oxygen atoms in total. The summed E-state index contributed by atoms with van der Waals surface area (Å²) < 4.78 is 0. The Morgan fingerprint density at radius 2 is 2.00 bits per heavy atom. The van der Waals surface area contributed by atoms with E-state index in [4.69, 9.17) is 7.85 Å². The fourth-order valence-corrected chi connectivity index (χ4v) is 4.15. The maximum absolute atomic E-state index is 12.7. The number of nitrogens with one attached hydrogen (secondary N) is 1. The summed E-state index contributed by atoms with van der Waals surface area (Å²) in [5.74, 6) is 0.919. The van der Waals surface area contributed by atoms with Crippen molar-refractivity contribution >= 4 is 35.7 Å². The van der Waals surface area contributed by atoms with Crippen molar-refractivity contribution in [1.29, 1.82) is 0 Å². The van der Waals surface area contributed by atoms with E-state index in [2.05, 4.69) is 29.3 Å². The van der Waals surface area contributed by atoms with Crippen molar-refractivity contribution in [2.45, 2.75) is 51.5 Å². The molecule has 0 unspecified atom stereocenters. The van der Waals surface area contributed by atoms with Crippen LogP contribution in [-0.4, -0.2) is 50.2 Å². The van der Waals surface area contributed by atoms with Crippen LogP contribution in [0.15, 0.2) is 24.4 Å². The minimum atomic E-state index is 0.151. The SMILES string of the molecule is [B]c1ccc2ncc(C(=O)CCC)c(NC3CCC(CN(C)C)CC3)c2c1. The average molecular weight is 363 g/mol. The molecule has 0 saturated heterocycles. The summed E-state index contributed by atoms with van der Waals surface area (Å²) in [6.45, 7) is 3.19. The molecule has 1 aliphatic rings. The van der Waals surface area contributed by atoms with Gasteiger partial charge in [-0.3, -0.25) is 9.78 Å². The first-order valence-electron chi connectivity index (χ1n) is 10.1. The van der Waals surface area contributed by atoms with Crippen LogP contribution in [0.4, 0.5) is 5.69 Å². The number of carbonyl (C=O) groups is 1. The maximum Gasteiger partial charge on any atom is 0.166 e. The number of rotatable bonds is 7. The molecule has 0 bridgehead atoms. The number of nitrogens with zero attached hydrogens (tertiary/aromatic N) is 2. The Morgan fingerprint density at radius 1 is 1.26 bits per heavy atom. The van der Waals surface area contributed by atoms with Crippen LogP contribution in [0.2, 0.25) is 0 Å². The number of benzene rings is 1. The Bertz CT molecular complexity index is 797. The lowest BCUT2D eigenvalue weighted by Gasteiger charge is -2.32. The van der Waals surface area contributed by atoms with Crippen LogP contribution in [0.5, 0.6) is 0 Å². The third-order valence-corrected chi connectivity index (χ3v) is 5.49. The molecule has 2 aromatic rings. The Morgan fingerprint density at radius 3 is 2.67 bits per heavy atom. The molecule has 5 heteroatoms. The zero-order valence-electron chi connectivity index (χ0n) is 16.8. The zero-order valence-corrected chi connectivity index (χ0v) is 16.8. The first kappa shape index (κ1) is 19.9. The molecule has 142 valence electrons. The van der Waals surface area contributed by atoms with Crippen molar-refractivity contribution in [2.75, 3.05) is 26.0 Å². The van der Waals surface area contributed by atoms with Crippen LogP contribution in [-0.2, 0) is 0 Å². The van der Waals surface area contributed by atoms with E-state index >= 15 is 0 Å². The van der Waals surface area contributed by atoms with Gasteiger partial charge in [0.1, 0.15) is 7.85 Å². The third kappa shape index (κ3) is 4.89. The predicted octanol–water partition coefficient (Wildman–Crippen LogP) is 3.54. The Labute approximate surface area is 164 Å². The van der Waals surface area contributed by atoms with Gasteiger partial charge in [-0.05, 0) is 58.2 Å². The molecule has 0 amide bonds. The van der Waals surface area contributed by atoms with Crippen molar-refractivity contribution in [1.82, 2.24) is 9.88 Å². The second kappa shape index (κ2) is 8.88. The number of aromatic nitrogens is 1. The van der Waals surface area contributed by atoms with E-state index in [1.807, 2.05) is 25.1 Å². The van der Waals surface area contributed by atoms with Gasteiger partial charge in [-0.2, -0.15) is 0 Å². The summed E-state index contributed by atoms with van der Waals surface area (Å²) in [5, 5.41) is 4.65. The second-order valence-electron chi connectivity index (χ2n) is 8.12. The number of Topliss-reactive ketones (excluding diaryl/α,β-unsaturated/α-hetero) is 1. The number of anilines is 1. The molecule has 0 aliphatic heterocycles. The van der Waals surface area contributed by atoms with Gasteiger partial charge in [-0.15, -0.1) is 0 Å². The second-order valence-corrected chi connectivity index (χ2v) is 8.12. The smallest absolute Gasteiger partial charge is 0.166 e. The predicted molar refractivity (Wildman–Crippen MR) is 114 cm³/mol. The summed E-state index contributed by atoms with van der Waals surface area (Å²) in [4.78, 5) is 19.5. The number of ketones is 1. The van der Waals surface area contributed by atoms with Crippen LogP contribution < -0.4 is 10.8 Å². The van der Waals surface area contributed by atoms with E-state index in [1.54, 1.807) is 6.20 Å². The summed E-state index contributed by atoms with van der Waals surface area (Å²) in [5.41, 5.74) is 3.19. The molecule has 1 aliphatic carbocycles. The molecular formula is C22H30BN3O. The largest absolute Gasteiger partial charge is 0.381 e. The Balaban J connectivity index is 1.86. The molecule has 1 saturated carbocycles. The zero-order chi connectivity index (χ0) is 19.4. The number of hydrogen-bond donors (Lipinski definition) is 1. The van der Waals surface area contributed by atoms with Gasteiger partial charge in [0.15, 0.2) is 5.78 Å². The summed E-state index contributed by atoms with van der Waals surface area (Å²) in [6, 6.07) is 6.12. The van der Waals surface area contributed by atoms with Crippen LogP contribution in [0, 0.1) is 5.92 Å². The molecule has 3 rings (SSSR count). The normalized spacial score (nSPS) is 20.1. The molecule has 1 heterocycles. The van der Waals surface area contributed by atoms with Gasteiger partial charge in [-0.25, -0.2) is 0 Å². The molecule has 1 N–H and O–H groups in total. The molecule has 0 atom stereocenters. The number of hydrogen-bond acceptors (Lipinski definition) is 4. The first-order valence-corrected chi connectivity index (χ1v) is 10.1. The molecule has 1 aromatic heterocycles. The number of carbonyl (C=O) groups excluding carboxylic acids is 1. The minimum absolute atomic E-state index is 0.151. The fourth-order valence-electron chi connectivity index (χ4n) is 4.15. The van der Waals surface area contributed by atoms with E-state index in [1.165, 1.54) is 12.8 Å². The lowest BCUT2D eigenvalue weighted by atomic mass is 9.85. The van der Waals surface area contributed by atoms with Gasteiger partial charge < -0.3 is 10.2 Å². The average Bonchev–Trinajstić information content (AvgIpc) is 2.63. The fraction of sp³-hybridized carbons (Fsp3) is 0.545. The van der Waals surface area contributed by atoms with Gasteiger partial charge in [-0.1, -0.05) is 24.5 Å². The van der Waals surface area contributed by atoms with Crippen LogP contribution in [0.1, 0.15) is 55.8 Å².